The van der Waals surface area contributed by atoms with Gasteiger partial charge in [0.2, 0.25) is 0 Å². The van der Waals surface area contributed by atoms with E-state index in [2.05, 4.69) is 15.3 Å². The number of hydrogen-bond acceptors (Lipinski definition) is 2. The molecule has 3 rings (SSSR count). The summed E-state index contributed by atoms with van der Waals surface area (Å²) in [7, 11) is 0. The SMILES string of the molecule is Fc1cc(F)c2nc(CC3CCCCN3)[nH]c2c1. The molecule has 0 radical (unpaired) electrons. The second-order valence-corrected chi connectivity index (χ2v) is 4.82. The van der Waals surface area contributed by atoms with Gasteiger partial charge in [-0.2, -0.15) is 0 Å². The van der Waals surface area contributed by atoms with Gasteiger partial charge in [0.05, 0.1) is 5.52 Å². The second kappa shape index (κ2) is 4.65. The fourth-order valence-corrected chi connectivity index (χ4v) is 2.52. The van der Waals surface area contributed by atoms with Crippen LogP contribution in [0.1, 0.15) is 25.1 Å². The third kappa shape index (κ3) is 2.22. The number of piperidine rings is 1. The van der Waals surface area contributed by atoms with Gasteiger partial charge in [-0.1, -0.05) is 6.42 Å². The fraction of sp³-hybridized carbons (Fsp3) is 0.462. The van der Waals surface area contributed by atoms with Crippen molar-refractivity contribution in [3.05, 3.63) is 29.6 Å². The van der Waals surface area contributed by atoms with E-state index in [4.69, 9.17) is 0 Å². The van der Waals surface area contributed by atoms with Crippen LogP contribution >= 0.6 is 0 Å². The number of aromatic amines is 1. The first-order valence-corrected chi connectivity index (χ1v) is 6.29. The van der Waals surface area contributed by atoms with E-state index in [9.17, 15) is 8.78 Å². The molecule has 2 heterocycles. The number of nitrogens with zero attached hydrogens (tertiary/aromatic N) is 1. The molecule has 0 aliphatic carbocycles. The quantitative estimate of drug-likeness (QED) is 0.861. The molecule has 0 spiro atoms. The van der Waals surface area contributed by atoms with Gasteiger partial charge in [-0.15, -0.1) is 0 Å². The molecule has 1 aromatic heterocycles. The molecule has 1 saturated heterocycles. The molecule has 1 fully saturated rings. The summed E-state index contributed by atoms with van der Waals surface area (Å²) < 4.78 is 26.6. The smallest absolute Gasteiger partial charge is 0.153 e. The molecule has 2 aromatic rings. The number of halogens is 2. The predicted molar refractivity (Wildman–Crippen MR) is 65.4 cm³/mol. The van der Waals surface area contributed by atoms with Crippen molar-refractivity contribution in [3.8, 4) is 0 Å². The highest BCUT2D eigenvalue weighted by molar-refractivity contribution is 5.75. The third-order valence-electron chi connectivity index (χ3n) is 3.41. The van der Waals surface area contributed by atoms with Gasteiger partial charge in [0.1, 0.15) is 17.2 Å². The minimum absolute atomic E-state index is 0.224. The molecular formula is C13H15F2N3. The molecule has 18 heavy (non-hydrogen) atoms. The number of H-pyrrole nitrogens is 1. The van der Waals surface area contributed by atoms with E-state index in [0.717, 1.165) is 25.5 Å². The summed E-state index contributed by atoms with van der Waals surface area (Å²) in [5.74, 6) is -0.469. The van der Waals surface area contributed by atoms with Crippen molar-refractivity contribution in [2.75, 3.05) is 6.54 Å². The van der Waals surface area contributed by atoms with Gasteiger partial charge in [-0.3, -0.25) is 0 Å². The minimum Gasteiger partial charge on any atom is -0.342 e. The maximum Gasteiger partial charge on any atom is 0.153 e. The number of nitrogens with one attached hydrogen (secondary N) is 2. The van der Waals surface area contributed by atoms with Crippen LogP contribution in [0.15, 0.2) is 12.1 Å². The normalized spacial score (nSPS) is 20.4. The molecule has 1 unspecified atom stereocenters. The van der Waals surface area contributed by atoms with Crippen LogP contribution in [0.2, 0.25) is 0 Å². The summed E-state index contributed by atoms with van der Waals surface area (Å²) in [6, 6.07) is 2.53. The van der Waals surface area contributed by atoms with Crippen LogP contribution < -0.4 is 5.32 Å². The minimum atomic E-state index is -0.607. The summed E-state index contributed by atoms with van der Waals surface area (Å²) in [5.41, 5.74) is 0.653. The molecule has 0 bridgehead atoms. The van der Waals surface area contributed by atoms with Crippen molar-refractivity contribution in [1.29, 1.82) is 0 Å². The molecule has 1 aromatic carbocycles. The lowest BCUT2D eigenvalue weighted by Gasteiger charge is -2.22. The van der Waals surface area contributed by atoms with Gasteiger partial charge in [-0.05, 0) is 25.5 Å². The Balaban J connectivity index is 1.86. The van der Waals surface area contributed by atoms with E-state index in [1.807, 2.05) is 0 Å². The van der Waals surface area contributed by atoms with E-state index < -0.39 is 11.6 Å². The molecule has 5 heteroatoms. The summed E-state index contributed by atoms with van der Waals surface area (Å²) in [6.07, 6.45) is 4.25. The molecule has 1 aliphatic heterocycles. The highest BCUT2D eigenvalue weighted by Gasteiger charge is 2.16. The highest BCUT2D eigenvalue weighted by Crippen LogP contribution is 2.19. The van der Waals surface area contributed by atoms with E-state index in [-0.39, 0.29) is 5.52 Å². The average Bonchev–Trinajstić information content (AvgIpc) is 2.73. The zero-order valence-corrected chi connectivity index (χ0v) is 9.97. The molecular weight excluding hydrogens is 236 g/mol. The van der Waals surface area contributed by atoms with Crippen LogP contribution in [0.4, 0.5) is 8.78 Å². The topological polar surface area (TPSA) is 40.7 Å². The van der Waals surface area contributed by atoms with Crippen molar-refractivity contribution < 1.29 is 8.78 Å². The first kappa shape index (κ1) is 11.6. The number of fused-ring (bicyclic) bond motifs is 1. The van der Waals surface area contributed by atoms with E-state index in [1.54, 1.807) is 0 Å². The maximum atomic E-state index is 13.5. The van der Waals surface area contributed by atoms with Crippen LogP contribution in [0.25, 0.3) is 11.0 Å². The molecule has 3 nitrogen and oxygen atoms in total. The number of hydrogen-bond donors (Lipinski definition) is 2. The summed E-state index contributed by atoms with van der Waals surface area (Å²) in [5, 5.41) is 3.41. The maximum absolute atomic E-state index is 13.5. The Morgan fingerprint density at radius 2 is 2.17 bits per heavy atom. The van der Waals surface area contributed by atoms with Gasteiger partial charge in [0, 0.05) is 18.5 Å². The summed E-state index contributed by atoms with van der Waals surface area (Å²) >= 11 is 0. The Morgan fingerprint density at radius 1 is 1.28 bits per heavy atom. The molecule has 1 aliphatic rings. The van der Waals surface area contributed by atoms with Gasteiger partial charge in [-0.25, -0.2) is 13.8 Å². The Bertz CT molecular complexity index is 559. The van der Waals surface area contributed by atoms with Crippen molar-refractivity contribution in [1.82, 2.24) is 15.3 Å². The third-order valence-corrected chi connectivity index (χ3v) is 3.41. The predicted octanol–water partition coefficient (Wildman–Crippen LogP) is 2.53. The van der Waals surface area contributed by atoms with Crippen molar-refractivity contribution in [2.45, 2.75) is 31.7 Å². The zero-order chi connectivity index (χ0) is 12.5. The monoisotopic (exact) mass is 251 g/mol. The van der Waals surface area contributed by atoms with Crippen LogP contribution in [-0.4, -0.2) is 22.6 Å². The van der Waals surface area contributed by atoms with Gasteiger partial charge in [0.15, 0.2) is 5.82 Å². The lowest BCUT2D eigenvalue weighted by molar-refractivity contribution is 0.395. The van der Waals surface area contributed by atoms with E-state index >= 15 is 0 Å². The number of aromatic nitrogens is 2. The number of imidazole rings is 1. The number of benzene rings is 1. The zero-order valence-electron chi connectivity index (χ0n) is 9.97. The van der Waals surface area contributed by atoms with Crippen LogP contribution in [0.5, 0.6) is 0 Å². The Kier molecular flexibility index (Phi) is 2.99. The van der Waals surface area contributed by atoms with Gasteiger partial charge in [0.25, 0.3) is 0 Å². The first-order chi connectivity index (χ1) is 8.72. The Morgan fingerprint density at radius 3 is 2.94 bits per heavy atom. The van der Waals surface area contributed by atoms with Crippen LogP contribution in [0.3, 0.4) is 0 Å². The molecule has 1 atom stereocenters. The van der Waals surface area contributed by atoms with E-state index in [0.29, 0.717) is 17.4 Å². The second-order valence-electron chi connectivity index (χ2n) is 4.82. The van der Waals surface area contributed by atoms with Crippen molar-refractivity contribution in [2.24, 2.45) is 0 Å². The summed E-state index contributed by atoms with van der Waals surface area (Å²) in [4.78, 5) is 7.20. The highest BCUT2D eigenvalue weighted by atomic mass is 19.1. The van der Waals surface area contributed by atoms with E-state index in [1.165, 1.54) is 18.9 Å². The van der Waals surface area contributed by atoms with Crippen LogP contribution in [-0.2, 0) is 6.42 Å². The summed E-state index contributed by atoms with van der Waals surface area (Å²) in [6.45, 7) is 1.02. The molecule has 0 amide bonds. The fourth-order valence-electron chi connectivity index (χ4n) is 2.52. The van der Waals surface area contributed by atoms with Crippen molar-refractivity contribution in [3.63, 3.8) is 0 Å². The first-order valence-electron chi connectivity index (χ1n) is 6.29. The largest absolute Gasteiger partial charge is 0.342 e. The Hall–Kier alpha value is -1.49. The molecule has 0 saturated carbocycles. The molecule has 2 N–H and O–H groups in total. The molecule has 96 valence electrons. The average molecular weight is 251 g/mol. The number of rotatable bonds is 2. The lowest BCUT2D eigenvalue weighted by Crippen LogP contribution is -2.35. The van der Waals surface area contributed by atoms with Crippen molar-refractivity contribution >= 4 is 11.0 Å². The van der Waals surface area contributed by atoms with Crippen LogP contribution in [0, 0.1) is 11.6 Å². The van der Waals surface area contributed by atoms with Gasteiger partial charge >= 0.3 is 0 Å². The Labute approximate surface area is 104 Å². The standard InChI is InChI=1S/C13H15F2N3/c14-8-5-10(15)13-11(6-8)17-12(18-13)7-9-3-1-2-4-16-9/h5-6,9,16H,1-4,7H2,(H,17,18). The van der Waals surface area contributed by atoms with Gasteiger partial charge < -0.3 is 10.3 Å². The lowest BCUT2D eigenvalue weighted by atomic mass is 10.0.